The van der Waals surface area contributed by atoms with Gasteiger partial charge in [0.25, 0.3) is 5.89 Å². The van der Waals surface area contributed by atoms with Crippen molar-refractivity contribution in [3.8, 4) is 27.5 Å². The first-order valence-electron chi connectivity index (χ1n) is 4.59. The summed E-state index contributed by atoms with van der Waals surface area (Å²) >= 11 is 2.85. The number of thiazole rings is 1. The monoisotopic (exact) mass is 260 g/mol. The second-order valence-corrected chi connectivity index (χ2v) is 4.87. The van der Waals surface area contributed by atoms with Gasteiger partial charge in [-0.25, -0.2) is 0 Å². The van der Waals surface area contributed by atoms with Crippen molar-refractivity contribution in [3.05, 3.63) is 28.7 Å². The summed E-state index contributed by atoms with van der Waals surface area (Å²) in [7, 11) is 0. The third-order valence-electron chi connectivity index (χ3n) is 2.06. The highest BCUT2D eigenvalue weighted by Gasteiger charge is 2.15. The van der Waals surface area contributed by atoms with E-state index in [9.17, 15) is 0 Å². The Morgan fingerprint density at radius 3 is 3.06 bits per heavy atom. The highest BCUT2D eigenvalue weighted by molar-refractivity contribution is 7.13. The second-order valence-electron chi connectivity index (χ2n) is 3.06. The van der Waals surface area contributed by atoms with E-state index in [0.29, 0.717) is 22.2 Å². The quantitative estimate of drug-likeness (QED) is 0.708. The van der Waals surface area contributed by atoms with E-state index in [4.69, 9.17) is 9.78 Å². The van der Waals surface area contributed by atoms with E-state index in [-0.39, 0.29) is 0 Å². The lowest BCUT2D eigenvalue weighted by molar-refractivity contribution is 0.433. The minimum Gasteiger partial charge on any atom is -0.333 e. The molecule has 3 aromatic rings. The first kappa shape index (κ1) is 10.1. The predicted octanol–water partition coefficient (Wildman–Crippen LogP) is 2.79. The molecule has 0 amide bonds. The highest BCUT2D eigenvalue weighted by Crippen LogP contribution is 2.30. The van der Waals surface area contributed by atoms with E-state index < -0.39 is 0 Å². The van der Waals surface area contributed by atoms with Gasteiger partial charge in [0.05, 0.1) is 16.0 Å². The summed E-state index contributed by atoms with van der Waals surface area (Å²) in [6, 6.07) is 3.82. The maximum absolute atomic E-state index is 8.92. The van der Waals surface area contributed by atoms with Gasteiger partial charge in [0.15, 0.2) is 0 Å². The van der Waals surface area contributed by atoms with Crippen LogP contribution in [-0.2, 0) is 0 Å². The van der Waals surface area contributed by atoms with Crippen LogP contribution in [0.1, 0.15) is 5.56 Å². The number of aromatic nitrogens is 3. The molecule has 0 aliphatic rings. The fourth-order valence-corrected chi connectivity index (χ4v) is 2.61. The molecule has 0 bridgehead atoms. The fraction of sp³-hybridized carbons (Fsp3) is 0. The summed E-state index contributed by atoms with van der Waals surface area (Å²) in [5.74, 6) is 0.875. The first-order chi connectivity index (χ1) is 8.38. The third-order valence-corrected chi connectivity index (χ3v) is 3.73. The van der Waals surface area contributed by atoms with Gasteiger partial charge >= 0.3 is 0 Å². The maximum atomic E-state index is 8.92. The van der Waals surface area contributed by atoms with E-state index in [2.05, 4.69) is 21.2 Å². The van der Waals surface area contributed by atoms with Gasteiger partial charge in [-0.15, -0.1) is 22.7 Å². The summed E-state index contributed by atoms with van der Waals surface area (Å²) in [5, 5.41) is 14.6. The molecule has 0 fully saturated rings. The second kappa shape index (κ2) is 4.08. The van der Waals surface area contributed by atoms with Gasteiger partial charge < -0.3 is 4.52 Å². The molecular weight excluding hydrogens is 256 g/mol. The van der Waals surface area contributed by atoms with Crippen molar-refractivity contribution in [2.75, 3.05) is 0 Å². The fourth-order valence-electron chi connectivity index (χ4n) is 1.30. The van der Waals surface area contributed by atoms with Gasteiger partial charge in [0.2, 0.25) is 5.82 Å². The van der Waals surface area contributed by atoms with Crippen LogP contribution in [0.3, 0.4) is 0 Å². The van der Waals surface area contributed by atoms with Crippen molar-refractivity contribution in [1.82, 2.24) is 15.1 Å². The van der Waals surface area contributed by atoms with Crippen LogP contribution in [0, 0.1) is 11.3 Å². The zero-order valence-corrected chi connectivity index (χ0v) is 9.96. The molecule has 17 heavy (non-hydrogen) atoms. The molecule has 0 saturated heterocycles. The van der Waals surface area contributed by atoms with Crippen LogP contribution in [0.5, 0.6) is 0 Å². The minimum absolute atomic E-state index is 0.375. The van der Waals surface area contributed by atoms with E-state index in [1.807, 2.05) is 5.38 Å². The van der Waals surface area contributed by atoms with Crippen LogP contribution >= 0.6 is 22.7 Å². The molecule has 0 radical (unpaired) electrons. The van der Waals surface area contributed by atoms with Crippen LogP contribution in [0.15, 0.2) is 27.7 Å². The Hall–Kier alpha value is -2.04. The Kier molecular flexibility index (Phi) is 2.44. The number of nitriles is 1. The molecule has 0 spiro atoms. The van der Waals surface area contributed by atoms with Gasteiger partial charge in [-0.2, -0.15) is 10.2 Å². The van der Waals surface area contributed by atoms with E-state index in [1.54, 1.807) is 17.8 Å². The van der Waals surface area contributed by atoms with E-state index >= 15 is 0 Å². The van der Waals surface area contributed by atoms with E-state index in [1.165, 1.54) is 22.7 Å². The summed E-state index contributed by atoms with van der Waals surface area (Å²) in [5.41, 5.74) is 2.26. The zero-order chi connectivity index (χ0) is 11.7. The van der Waals surface area contributed by atoms with E-state index in [0.717, 1.165) is 4.88 Å². The Labute approximate surface area is 104 Å². The predicted molar refractivity (Wildman–Crippen MR) is 63.4 cm³/mol. The van der Waals surface area contributed by atoms with Crippen molar-refractivity contribution in [1.29, 1.82) is 5.26 Å². The van der Waals surface area contributed by atoms with Gasteiger partial charge in [-0.3, -0.25) is 4.98 Å². The molecule has 0 atom stereocenters. The standard InChI is InChI=1S/C10H4N4OS2/c11-3-6-1-2-16-8(6)10-13-9(14-15-10)7-4-12-5-17-7/h1-2,4-5H. The number of nitrogens with zero attached hydrogens (tertiary/aromatic N) is 4. The Balaban J connectivity index is 2.04. The summed E-state index contributed by atoms with van der Waals surface area (Å²) in [4.78, 5) is 9.75. The normalized spacial score (nSPS) is 10.3. The molecule has 0 unspecified atom stereocenters. The Morgan fingerprint density at radius 2 is 2.29 bits per heavy atom. The summed E-state index contributed by atoms with van der Waals surface area (Å²) < 4.78 is 5.15. The maximum Gasteiger partial charge on any atom is 0.269 e. The zero-order valence-electron chi connectivity index (χ0n) is 8.32. The van der Waals surface area contributed by atoms with Crippen LogP contribution in [0.4, 0.5) is 0 Å². The largest absolute Gasteiger partial charge is 0.333 e. The third kappa shape index (κ3) is 1.73. The number of thiophene rings is 1. The van der Waals surface area contributed by atoms with Crippen LogP contribution in [0.2, 0.25) is 0 Å². The van der Waals surface area contributed by atoms with Crippen molar-refractivity contribution in [2.45, 2.75) is 0 Å². The molecule has 0 saturated carbocycles. The lowest BCUT2D eigenvalue weighted by atomic mass is 10.3. The average Bonchev–Trinajstić information content (AvgIpc) is 3.09. The first-order valence-corrected chi connectivity index (χ1v) is 6.35. The van der Waals surface area contributed by atoms with Crippen LogP contribution in [0.25, 0.3) is 21.5 Å². The average molecular weight is 260 g/mol. The Bertz CT molecular complexity index is 677. The molecule has 0 aliphatic carbocycles. The van der Waals surface area contributed by atoms with Crippen LogP contribution < -0.4 is 0 Å². The van der Waals surface area contributed by atoms with Gasteiger partial charge in [-0.1, -0.05) is 5.16 Å². The molecule has 3 rings (SSSR count). The highest BCUT2D eigenvalue weighted by atomic mass is 32.1. The Morgan fingerprint density at radius 1 is 1.35 bits per heavy atom. The molecule has 3 aromatic heterocycles. The molecule has 3 heterocycles. The van der Waals surface area contributed by atoms with Crippen molar-refractivity contribution in [2.24, 2.45) is 0 Å². The topological polar surface area (TPSA) is 75.6 Å². The van der Waals surface area contributed by atoms with Gasteiger partial charge in [0, 0.05) is 6.20 Å². The van der Waals surface area contributed by atoms with Crippen molar-refractivity contribution in [3.63, 3.8) is 0 Å². The summed E-state index contributed by atoms with van der Waals surface area (Å²) in [6.07, 6.45) is 1.68. The minimum atomic E-state index is 0.375. The van der Waals surface area contributed by atoms with Gasteiger partial charge in [0.1, 0.15) is 10.9 Å². The lowest BCUT2D eigenvalue weighted by Crippen LogP contribution is -1.77. The smallest absolute Gasteiger partial charge is 0.269 e. The molecule has 0 aliphatic heterocycles. The molecule has 0 aromatic carbocycles. The van der Waals surface area contributed by atoms with Gasteiger partial charge in [-0.05, 0) is 11.4 Å². The van der Waals surface area contributed by atoms with Crippen molar-refractivity contribution >= 4 is 22.7 Å². The number of rotatable bonds is 2. The molecule has 82 valence electrons. The number of hydrogen-bond donors (Lipinski definition) is 0. The lowest BCUT2D eigenvalue weighted by Gasteiger charge is -1.86. The molecular formula is C10H4N4OS2. The molecule has 0 N–H and O–H groups in total. The van der Waals surface area contributed by atoms with Crippen LogP contribution in [-0.4, -0.2) is 15.1 Å². The van der Waals surface area contributed by atoms with Crippen molar-refractivity contribution < 1.29 is 4.52 Å². The SMILES string of the molecule is N#Cc1ccsc1-c1nc(-c2cncs2)no1. The molecule has 7 heteroatoms. The summed E-state index contributed by atoms with van der Waals surface area (Å²) in [6.45, 7) is 0. The number of hydrogen-bond acceptors (Lipinski definition) is 7. The molecule has 5 nitrogen and oxygen atoms in total.